The lowest BCUT2D eigenvalue weighted by Crippen LogP contribution is -2.41. The largest absolute Gasteiger partial charge is 0.378 e. The zero-order chi connectivity index (χ0) is 14.2. The lowest BCUT2D eigenvalue weighted by Gasteiger charge is -2.26. The van der Waals surface area contributed by atoms with E-state index in [1.165, 1.54) is 11.8 Å². The summed E-state index contributed by atoms with van der Waals surface area (Å²) in [5.41, 5.74) is 0. The van der Waals surface area contributed by atoms with Crippen molar-refractivity contribution in [1.82, 2.24) is 20.2 Å². The number of nitrogens with zero attached hydrogens (tertiary/aromatic N) is 2. The number of amides is 2. The number of nitrogens with one attached hydrogen (secondary N) is 2. The van der Waals surface area contributed by atoms with Gasteiger partial charge in [-0.15, -0.1) is 11.8 Å². The summed E-state index contributed by atoms with van der Waals surface area (Å²) >= 11 is 1.33. The first-order chi connectivity index (χ1) is 9.75. The van der Waals surface area contributed by atoms with Gasteiger partial charge in [0.25, 0.3) is 0 Å². The van der Waals surface area contributed by atoms with Gasteiger partial charge in [-0.05, 0) is 0 Å². The average molecular weight is 298 g/mol. The van der Waals surface area contributed by atoms with Crippen molar-refractivity contribution in [2.75, 3.05) is 37.8 Å². The van der Waals surface area contributed by atoms with E-state index < -0.39 is 0 Å². The highest BCUT2D eigenvalue weighted by molar-refractivity contribution is 8.00. The summed E-state index contributed by atoms with van der Waals surface area (Å²) in [6.07, 6.45) is 3.34. The molecule has 2 amide bonds. The fraction of sp³-hybridized carbons (Fsp3) is 0.583. The van der Waals surface area contributed by atoms with Gasteiger partial charge < -0.3 is 19.9 Å². The number of H-pyrrole nitrogens is 1. The van der Waals surface area contributed by atoms with Crippen molar-refractivity contribution in [3.05, 3.63) is 18.2 Å². The number of rotatable bonds is 6. The van der Waals surface area contributed by atoms with Gasteiger partial charge in [-0.2, -0.15) is 0 Å². The monoisotopic (exact) mass is 298 g/mol. The van der Waals surface area contributed by atoms with E-state index in [-0.39, 0.29) is 17.6 Å². The third-order valence-electron chi connectivity index (χ3n) is 2.83. The molecule has 1 saturated heterocycles. The summed E-state index contributed by atoms with van der Waals surface area (Å²) in [6.45, 7) is 2.86. The van der Waals surface area contributed by atoms with Gasteiger partial charge in [-0.1, -0.05) is 0 Å². The maximum Gasteiger partial charge on any atom is 0.232 e. The Bertz CT molecular complexity index is 432. The van der Waals surface area contributed by atoms with Gasteiger partial charge in [-0.25, -0.2) is 4.98 Å². The predicted octanol–water partition coefficient (Wildman–Crippen LogP) is -0.382. The van der Waals surface area contributed by atoms with Crippen molar-refractivity contribution < 1.29 is 14.3 Å². The van der Waals surface area contributed by atoms with Crippen LogP contribution in [0.5, 0.6) is 0 Å². The quantitative estimate of drug-likeness (QED) is 0.747. The van der Waals surface area contributed by atoms with Gasteiger partial charge in [0.2, 0.25) is 11.8 Å². The van der Waals surface area contributed by atoms with E-state index in [0.29, 0.717) is 44.4 Å². The Morgan fingerprint density at radius 3 is 2.90 bits per heavy atom. The van der Waals surface area contributed by atoms with Crippen molar-refractivity contribution >= 4 is 23.6 Å². The molecular formula is C12H18N4O3S. The number of aromatic nitrogens is 2. The molecule has 0 radical (unpaired) electrons. The first-order valence-corrected chi connectivity index (χ1v) is 7.59. The summed E-state index contributed by atoms with van der Waals surface area (Å²) in [4.78, 5) is 32.1. The molecule has 0 spiro atoms. The van der Waals surface area contributed by atoms with Gasteiger partial charge in [0.15, 0.2) is 0 Å². The first-order valence-electron chi connectivity index (χ1n) is 6.44. The van der Waals surface area contributed by atoms with Gasteiger partial charge in [0.1, 0.15) is 5.82 Å². The molecule has 1 aliphatic rings. The van der Waals surface area contributed by atoms with Crippen LogP contribution < -0.4 is 5.32 Å². The van der Waals surface area contributed by atoms with Crippen LogP contribution in [0.2, 0.25) is 0 Å². The van der Waals surface area contributed by atoms with Crippen molar-refractivity contribution in [2.45, 2.75) is 6.54 Å². The fourth-order valence-electron chi connectivity index (χ4n) is 1.76. The number of carbonyl (C=O) groups excluding carboxylic acids is 2. The standard InChI is InChI=1S/C12H18N4O3S/c17-11(15-7-10-13-1-2-14-10)8-20-9-12(18)16-3-5-19-6-4-16/h1-2H,3-9H2,(H,13,14)(H,15,17). The smallest absolute Gasteiger partial charge is 0.232 e. The minimum atomic E-state index is -0.0961. The lowest BCUT2D eigenvalue weighted by molar-refractivity contribution is -0.132. The molecule has 1 aromatic heterocycles. The molecular weight excluding hydrogens is 280 g/mol. The zero-order valence-corrected chi connectivity index (χ0v) is 11.9. The first kappa shape index (κ1) is 14.9. The minimum absolute atomic E-state index is 0.0668. The molecule has 0 unspecified atom stereocenters. The summed E-state index contributed by atoms with van der Waals surface area (Å²) in [7, 11) is 0. The zero-order valence-electron chi connectivity index (χ0n) is 11.1. The Labute approximate surface area is 121 Å². The molecule has 8 heteroatoms. The van der Waals surface area contributed by atoms with Crippen LogP contribution in [0.4, 0.5) is 0 Å². The van der Waals surface area contributed by atoms with E-state index in [0.717, 1.165) is 0 Å². The molecule has 110 valence electrons. The number of carbonyl (C=O) groups is 2. The maximum atomic E-state index is 11.8. The van der Waals surface area contributed by atoms with E-state index in [1.807, 2.05) is 0 Å². The molecule has 2 rings (SSSR count). The molecule has 2 heterocycles. The summed E-state index contributed by atoms with van der Waals surface area (Å²) in [5.74, 6) is 1.29. The third-order valence-corrected chi connectivity index (χ3v) is 3.75. The molecule has 1 fully saturated rings. The summed E-state index contributed by atoms with van der Waals surface area (Å²) in [5, 5.41) is 2.74. The minimum Gasteiger partial charge on any atom is -0.378 e. The average Bonchev–Trinajstić information content (AvgIpc) is 2.99. The fourth-order valence-corrected chi connectivity index (χ4v) is 2.51. The Hall–Kier alpha value is -1.54. The van der Waals surface area contributed by atoms with Crippen molar-refractivity contribution in [2.24, 2.45) is 0 Å². The van der Waals surface area contributed by atoms with E-state index in [1.54, 1.807) is 17.3 Å². The Kier molecular flexibility index (Phi) is 5.87. The number of aromatic amines is 1. The number of hydrogen-bond acceptors (Lipinski definition) is 5. The van der Waals surface area contributed by atoms with E-state index in [9.17, 15) is 9.59 Å². The van der Waals surface area contributed by atoms with Crippen molar-refractivity contribution in [3.8, 4) is 0 Å². The van der Waals surface area contributed by atoms with Crippen LogP contribution >= 0.6 is 11.8 Å². The Morgan fingerprint density at radius 2 is 2.20 bits per heavy atom. The van der Waals surface area contributed by atoms with Crippen LogP contribution in [0, 0.1) is 0 Å². The number of thioether (sulfide) groups is 1. The predicted molar refractivity (Wildman–Crippen MR) is 75.2 cm³/mol. The lowest BCUT2D eigenvalue weighted by atomic mass is 10.4. The number of imidazole rings is 1. The van der Waals surface area contributed by atoms with E-state index in [4.69, 9.17) is 4.74 Å². The number of morpholine rings is 1. The van der Waals surface area contributed by atoms with Gasteiger partial charge in [-0.3, -0.25) is 9.59 Å². The van der Waals surface area contributed by atoms with Crippen molar-refractivity contribution in [1.29, 1.82) is 0 Å². The number of ether oxygens (including phenoxy) is 1. The molecule has 0 atom stereocenters. The second-order valence-electron chi connectivity index (χ2n) is 4.30. The highest BCUT2D eigenvalue weighted by Gasteiger charge is 2.16. The topological polar surface area (TPSA) is 87.3 Å². The maximum absolute atomic E-state index is 11.8. The van der Waals surface area contributed by atoms with Crippen LogP contribution in [0.1, 0.15) is 5.82 Å². The van der Waals surface area contributed by atoms with Crippen LogP contribution in [0.3, 0.4) is 0 Å². The molecule has 0 aliphatic carbocycles. The second-order valence-corrected chi connectivity index (χ2v) is 5.28. The number of hydrogen-bond donors (Lipinski definition) is 2. The van der Waals surface area contributed by atoms with Crippen molar-refractivity contribution in [3.63, 3.8) is 0 Å². The molecule has 20 heavy (non-hydrogen) atoms. The van der Waals surface area contributed by atoms with Gasteiger partial charge in [0, 0.05) is 25.5 Å². The molecule has 1 aliphatic heterocycles. The molecule has 0 saturated carbocycles. The highest BCUT2D eigenvalue weighted by atomic mass is 32.2. The van der Waals surface area contributed by atoms with Crippen LogP contribution in [0.15, 0.2) is 12.4 Å². The SMILES string of the molecule is O=C(CSCC(=O)N1CCOCC1)NCc1ncc[nH]1. The molecule has 7 nitrogen and oxygen atoms in total. The molecule has 2 N–H and O–H groups in total. The van der Waals surface area contributed by atoms with Gasteiger partial charge in [0.05, 0.1) is 31.3 Å². The summed E-state index contributed by atoms with van der Waals surface area (Å²) in [6, 6.07) is 0. The highest BCUT2D eigenvalue weighted by Crippen LogP contribution is 2.05. The molecule has 0 aromatic carbocycles. The molecule has 1 aromatic rings. The third kappa shape index (κ3) is 4.86. The molecule has 0 bridgehead atoms. The van der Waals surface area contributed by atoms with Crippen LogP contribution in [-0.4, -0.2) is 64.5 Å². The second kappa shape index (κ2) is 7.91. The van der Waals surface area contributed by atoms with Gasteiger partial charge >= 0.3 is 0 Å². The van der Waals surface area contributed by atoms with Crippen LogP contribution in [0.25, 0.3) is 0 Å². The van der Waals surface area contributed by atoms with E-state index in [2.05, 4.69) is 15.3 Å². The normalized spacial score (nSPS) is 15.1. The Balaban J connectivity index is 1.57. The van der Waals surface area contributed by atoms with Crippen LogP contribution in [-0.2, 0) is 20.9 Å². The Morgan fingerprint density at radius 1 is 1.40 bits per heavy atom. The summed E-state index contributed by atoms with van der Waals surface area (Å²) < 4.78 is 5.19. The van der Waals surface area contributed by atoms with E-state index >= 15 is 0 Å².